The topological polar surface area (TPSA) is 80.8 Å². The third kappa shape index (κ3) is 4.21. The van der Waals surface area contributed by atoms with Crippen molar-refractivity contribution in [2.24, 2.45) is 5.92 Å². The van der Waals surface area contributed by atoms with Gasteiger partial charge in [-0.15, -0.1) is 0 Å². The summed E-state index contributed by atoms with van der Waals surface area (Å²) in [5, 5.41) is 0. The summed E-state index contributed by atoms with van der Waals surface area (Å²) >= 11 is 0. The standard InChI is InChI=1S/C24H26FNO5S/c1-3-20(27)18-10-17(21(28)9-15-13-26(14-15)32(2,29)30)11-19-23(16-7-5-4-6-8-16)22(12-25)31-24(18)19/h4-8,10-11,15,22-23H,3,9,12-14H2,1-2H3/t22-,23+/m1/s1. The Kier molecular flexibility index (Phi) is 6.18. The number of rotatable bonds is 8. The minimum absolute atomic E-state index is 0.0597. The van der Waals surface area contributed by atoms with Crippen molar-refractivity contribution in [2.75, 3.05) is 26.0 Å². The second kappa shape index (κ2) is 8.75. The Balaban J connectivity index is 1.68. The lowest BCUT2D eigenvalue weighted by molar-refractivity contribution is 0.0905. The predicted octanol–water partition coefficient (Wildman–Crippen LogP) is 3.61. The largest absolute Gasteiger partial charge is 0.486 e. The van der Waals surface area contributed by atoms with Gasteiger partial charge in [-0.25, -0.2) is 17.1 Å². The number of carbonyl (C=O) groups is 2. The van der Waals surface area contributed by atoms with Gasteiger partial charge in [0, 0.05) is 37.1 Å². The zero-order chi connectivity index (χ0) is 23.0. The monoisotopic (exact) mass is 459 g/mol. The second-order valence-corrected chi connectivity index (χ2v) is 10.5. The summed E-state index contributed by atoms with van der Waals surface area (Å²) in [7, 11) is -3.25. The van der Waals surface area contributed by atoms with Crippen LogP contribution in [0.2, 0.25) is 0 Å². The summed E-state index contributed by atoms with van der Waals surface area (Å²) in [6, 6.07) is 12.6. The fourth-order valence-corrected chi connectivity index (χ4v) is 5.43. The molecule has 0 aliphatic carbocycles. The van der Waals surface area contributed by atoms with Gasteiger partial charge in [0.1, 0.15) is 18.5 Å². The van der Waals surface area contributed by atoms with E-state index >= 15 is 0 Å². The van der Waals surface area contributed by atoms with E-state index in [1.807, 2.05) is 30.3 Å². The third-order valence-corrected chi connectivity index (χ3v) is 7.45. The number of hydrogen-bond donors (Lipinski definition) is 0. The molecule has 2 aromatic carbocycles. The van der Waals surface area contributed by atoms with E-state index in [0.717, 1.165) is 11.8 Å². The molecule has 32 heavy (non-hydrogen) atoms. The van der Waals surface area contributed by atoms with Crippen LogP contribution in [-0.2, 0) is 10.0 Å². The number of nitrogens with zero attached hydrogens (tertiary/aromatic N) is 1. The number of fused-ring (bicyclic) bond motifs is 1. The highest BCUT2D eigenvalue weighted by atomic mass is 32.2. The van der Waals surface area contributed by atoms with Crippen LogP contribution in [0.5, 0.6) is 5.75 Å². The van der Waals surface area contributed by atoms with E-state index in [-0.39, 0.29) is 30.3 Å². The molecule has 8 heteroatoms. The van der Waals surface area contributed by atoms with Crippen LogP contribution in [0.4, 0.5) is 4.39 Å². The van der Waals surface area contributed by atoms with Crippen LogP contribution in [0.1, 0.15) is 57.5 Å². The minimum atomic E-state index is -3.25. The molecule has 0 amide bonds. The number of ether oxygens (including phenoxy) is 1. The van der Waals surface area contributed by atoms with Crippen molar-refractivity contribution >= 4 is 21.6 Å². The summed E-state index contributed by atoms with van der Waals surface area (Å²) in [5.41, 5.74) is 2.18. The van der Waals surface area contributed by atoms with Gasteiger partial charge in [0.25, 0.3) is 0 Å². The first-order valence-corrected chi connectivity index (χ1v) is 12.5. The number of halogens is 1. The number of benzene rings is 2. The highest BCUT2D eigenvalue weighted by Gasteiger charge is 2.39. The normalized spacial score (nSPS) is 21.0. The average molecular weight is 460 g/mol. The maximum atomic E-state index is 13.9. The molecule has 0 bridgehead atoms. The molecule has 0 spiro atoms. The molecule has 170 valence electrons. The van der Waals surface area contributed by atoms with E-state index in [0.29, 0.717) is 35.5 Å². The summed E-state index contributed by atoms with van der Waals surface area (Å²) in [6.07, 6.45) is 0.805. The van der Waals surface area contributed by atoms with Gasteiger partial charge in [-0.3, -0.25) is 9.59 Å². The zero-order valence-corrected chi connectivity index (χ0v) is 18.9. The quantitative estimate of drug-likeness (QED) is 0.564. The maximum Gasteiger partial charge on any atom is 0.211 e. The van der Waals surface area contributed by atoms with Gasteiger partial charge in [-0.2, -0.15) is 0 Å². The molecule has 0 radical (unpaired) electrons. The van der Waals surface area contributed by atoms with E-state index in [1.165, 1.54) is 4.31 Å². The third-order valence-electron chi connectivity index (χ3n) is 6.21. The molecule has 6 nitrogen and oxygen atoms in total. The second-order valence-electron chi connectivity index (χ2n) is 8.49. The Morgan fingerprint density at radius 3 is 2.41 bits per heavy atom. The number of Topliss-reactive ketones (excluding diaryl/α,β-unsaturated/α-hetero) is 2. The SMILES string of the molecule is CCC(=O)c1cc(C(=O)CC2CN(S(C)(=O)=O)C2)cc2c1O[C@H](CF)[C@H]2c1ccccc1. The maximum absolute atomic E-state index is 13.9. The van der Waals surface area contributed by atoms with Crippen LogP contribution >= 0.6 is 0 Å². The van der Waals surface area contributed by atoms with E-state index < -0.39 is 28.7 Å². The van der Waals surface area contributed by atoms with Crippen LogP contribution < -0.4 is 4.74 Å². The average Bonchev–Trinajstić information content (AvgIpc) is 3.12. The Morgan fingerprint density at radius 2 is 1.81 bits per heavy atom. The molecule has 2 heterocycles. The number of carbonyl (C=O) groups excluding carboxylic acids is 2. The fourth-order valence-electron chi connectivity index (χ4n) is 4.47. The van der Waals surface area contributed by atoms with Crippen molar-refractivity contribution in [3.05, 3.63) is 64.7 Å². The van der Waals surface area contributed by atoms with Crippen molar-refractivity contribution in [2.45, 2.75) is 31.8 Å². The summed E-state index contributed by atoms with van der Waals surface area (Å²) < 4.78 is 44.3. The fraction of sp³-hybridized carbons (Fsp3) is 0.417. The number of alkyl halides is 1. The predicted molar refractivity (Wildman–Crippen MR) is 119 cm³/mol. The lowest BCUT2D eigenvalue weighted by Crippen LogP contribution is -2.49. The van der Waals surface area contributed by atoms with Crippen LogP contribution in [0.25, 0.3) is 0 Å². The molecule has 2 aromatic rings. The first-order valence-electron chi connectivity index (χ1n) is 10.7. The van der Waals surface area contributed by atoms with Crippen molar-refractivity contribution in [3.63, 3.8) is 0 Å². The van der Waals surface area contributed by atoms with Gasteiger partial charge in [-0.1, -0.05) is 37.3 Å². The molecule has 2 aliphatic rings. The highest BCUT2D eigenvalue weighted by Crippen LogP contribution is 2.45. The minimum Gasteiger partial charge on any atom is -0.486 e. The molecule has 4 rings (SSSR count). The van der Waals surface area contributed by atoms with Crippen molar-refractivity contribution in [1.29, 1.82) is 0 Å². The summed E-state index contributed by atoms with van der Waals surface area (Å²) in [6.45, 7) is 1.64. The first kappa shape index (κ1) is 22.6. The smallest absolute Gasteiger partial charge is 0.211 e. The summed E-state index contributed by atoms with van der Waals surface area (Å²) in [4.78, 5) is 25.7. The van der Waals surface area contributed by atoms with Gasteiger partial charge in [0.05, 0.1) is 17.7 Å². The van der Waals surface area contributed by atoms with Gasteiger partial charge < -0.3 is 4.74 Å². The first-order chi connectivity index (χ1) is 15.2. The lowest BCUT2D eigenvalue weighted by Gasteiger charge is -2.36. The Bertz CT molecular complexity index is 1140. The number of ketones is 2. The van der Waals surface area contributed by atoms with Crippen LogP contribution in [0.15, 0.2) is 42.5 Å². The molecule has 2 atom stereocenters. The Morgan fingerprint density at radius 1 is 1.12 bits per heavy atom. The van der Waals surface area contributed by atoms with Crippen molar-refractivity contribution in [3.8, 4) is 5.75 Å². The number of hydrogen-bond acceptors (Lipinski definition) is 5. The molecular formula is C24H26FNO5S. The van der Waals surface area contributed by atoms with Crippen molar-refractivity contribution < 1.29 is 27.1 Å². The Hall–Kier alpha value is -2.58. The zero-order valence-electron chi connectivity index (χ0n) is 18.1. The molecule has 0 unspecified atom stereocenters. The van der Waals surface area contributed by atoms with Crippen LogP contribution in [-0.4, -0.2) is 56.4 Å². The van der Waals surface area contributed by atoms with Gasteiger partial charge in [-0.05, 0) is 23.6 Å². The molecule has 0 aromatic heterocycles. The molecule has 2 aliphatic heterocycles. The molecule has 1 fully saturated rings. The molecular weight excluding hydrogens is 433 g/mol. The highest BCUT2D eigenvalue weighted by molar-refractivity contribution is 7.88. The summed E-state index contributed by atoms with van der Waals surface area (Å²) in [5.74, 6) is -0.454. The van der Waals surface area contributed by atoms with E-state index in [4.69, 9.17) is 4.74 Å². The van der Waals surface area contributed by atoms with Crippen LogP contribution in [0, 0.1) is 5.92 Å². The van der Waals surface area contributed by atoms with E-state index in [2.05, 4.69) is 0 Å². The van der Waals surface area contributed by atoms with E-state index in [1.54, 1.807) is 19.1 Å². The number of sulfonamides is 1. The van der Waals surface area contributed by atoms with Gasteiger partial charge >= 0.3 is 0 Å². The lowest BCUT2D eigenvalue weighted by atomic mass is 9.85. The van der Waals surface area contributed by atoms with Gasteiger partial charge in [0.2, 0.25) is 10.0 Å². The Labute approximate surface area is 187 Å². The molecule has 0 N–H and O–H groups in total. The van der Waals surface area contributed by atoms with Crippen LogP contribution in [0.3, 0.4) is 0 Å². The van der Waals surface area contributed by atoms with Gasteiger partial charge in [0.15, 0.2) is 11.6 Å². The molecule has 0 saturated carbocycles. The van der Waals surface area contributed by atoms with E-state index in [9.17, 15) is 22.4 Å². The molecule has 1 saturated heterocycles. The van der Waals surface area contributed by atoms with Crippen molar-refractivity contribution in [1.82, 2.24) is 4.31 Å².